The summed E-state index contributed by atoms with van der Waals surface area (Å²) in [6, 6.07) is 9.86. The highest BCUT2D eigenvalue weighted by Gasteiger charge is 2.35. The molecule has 0 fully saturated rings. The van der Waals surface area contributed by atoms with Crippen molar-refractivity contribution in [1.82, 2.24) is 0 Å². The van der Waals surface area contributed by atoms with Gasteiger partial charge in [0.25, 0.3) is 0 Å². The van der Waals surface area contributed by atoms with Crippen molar-refractivity contribution in [2.75, 3.05) is 0 Å². The lowest BCUT2D eigenvalue weighted by Gasteiger charge is -2.36. The van der Waals surface area contributed by atoms with Gasteiger partial charge in [0.1, 0.15) is 6.10 Å². The normalized spacial score (nSPS) is 21.7. The molecule has 2 nitrogen and oxygen atoms in total. The molecule has 0 heterocycles. The van der Waals surface area contributed by atoms with E-state index >= 15 is 0 Å². The fraction of sp³-hybridized carbons (Fsp3) is 0.476. The molecule has 0 saturated carbocycles. The number of hydrogen-bond acceptors (Lipinski definition) is 2. The van der Waals surface area contributed by atoms with Gasteiger partial charge in [0.05, 0.1) is 11.4 Å². The van der Waals surface area contributed by atoms with Crippen LogP contribution in [0.4, 0.5) is 5.69 Å². The number of aliphatic hydroxyl groups is 1. The first-order chi connectivity index (χ1) is 10.5. The summed E-state index contributed by atoms with van der Waals surface area (Å²) < 4.78 is 0. The van der Waals surface area contributed by atoms with E-state index in [1.54, 1.807) is 0 Å². The minimum Gasteiger partial charge on any atom is -0.382 e. The second-order valence-electron chi connectivity index (χ2n) is 8.37. The fourth-order valence-corrected chi connectivity index (χ4v) is 3.03. The van der Waals surface area contributed by atoms with Crippen molar-refractivity contribution in [2.45, 2.75) is 54.6 Å². The monoisotopic (exact) mass is 311 g/mol. The Kier molecular flexibility index (Phi) is 4.68. The maximum absolute atomic E-state index is 10.9. The van der Waals surface area contributed by atoms with Gasteiger partial charge in [-0.1, -0.05) is 65.8 Å². The van der Waals surface area contributed by atoms with E-state index in [9.17, 15) is 5.11 Å². The maximum Gasteiger partial charge on any atom is 0.118 e. The van der Waals surface area contributed by atoms with E-state index in [1.165, 1.54) is 5.57 Å². The molecule has 23 heavy (non-hydrogen) atoms. The zero-order valence-electron chi connectivity index (χ0n) is 15.4. The Morgan fingerprint density at radius 1 is 0.913 bits per heavy atom. The van der Waals surface area contributed by atoms with Crippen LogP contribution < -0.4 is 0 Å². The molecule has 2 heteroatoms. The number of allylic oxidation sites excluding steroid dienone is 2. The van der Waals surface area contributed by atoms with Gasteiger partial charge >= 0.3 is 0 Å². The van der Waals surface area contributed by atoms with Gasteiger partial charge in [-0.15, -0.1) is 0 Å². The SMILES string of the molecule is CC1=C(C(C)(C)C)C=C(C(C)(C)C)C(O)C1=Nc1ccccc1. The molecule has 1 aliphatic rings. The van der Waals surface area contributed by atoms with Gasteiger partial charge < -0.3 is 5.11 Å². The molecule has 1 aliphatic carbocycles. The Labute approximate surface area is 140 Å². The molecule has 1 aromatic carbocycles. The standard InChI is InChI=1S/C21H29NO/c1-14-16(20(2,3)4)13-17(21(5,6)7)19(23)18(14)22-15-11-9-8-10-12-15/h8-13,19,23H,1-7H3. The molecule has 0 spiro atoms. The summed E-state index contributed by atoms with van der Waals surface area (Å²) in [6.45, 7) is 15.1. The lowest BCUT2D eigenvalue weighted by Crippen LogP contribution is -2.35. The second kappa shape index (κ2) is 6.09. The Hall–Kier alpha value is -1.67. The number of hydrogen-bond donors (Lipinski definition) is 1. The van der Waals surface area contributed by atoms with Crippen LogP contribution in [-0.2, 0) is 0 Å². The zero-order chi connectivity index (χ0) is 17.4. The summed E-state index contributed by atoms with van der Waals surface area (Å²) in [5.74, 6) is 0. The van der Waals surface area contributed by atoms with E-state index < -0.39 is 6.10 Å². The summed E-state index contributed by atoms with van der Waals surface area (Å²) in [6.07, 6.45) is 1.53. The Morgan fingerprint density at radius 3 is 1.96 bits per heavy atom. The Morgan fingerprint density at radius 2 is 1.48 bits per heavy atom. The van der Waals surface area contributed by atoms with Crippen molar-refractivity contribution in [2.24, 2.45) is 15.8 Å². The van der Waals surface area contributed by atoms with E-state index in [1.807, 2.05) is 30.3 Å². The van der Waals surface area contributed by atoms with Crippen molar-refractivity contribution in [3.63, 3.8) is 0 Å². The molecule has 2 rings (SSSR count). The Balaban J connectivity index is 2.65. The topological polar surface area (TPSA) is 32.6 Å². The van der Waals surface area contributed by atoms with Gasteiger partial charge in [-0.2, -0.15) is 0 Å². The smallest absolute Gasteiger partial charge is 0.118 e. The summed E-state index contributed by atoms with van der Waals surface area (Å²) in [5, 5.41) is 10.9. The third kappa shape index (κ3) is 3.81. The quantitative estimate of drug-likeness (QED) is 0.733. The van der Waals surface area contributed by atoms with Gasteiger partial charge in [0.2, 0.25) is 0 Å². The third-order valence-corrected chi connectivity index (χ3v) is 4.32. The van der Waals surface area contributed by atoms with Gasteiger partial charge in [0.15, 0.2) is 0 Å². The number of nitrogens with zero attached hydrogens (tertiary/aromatic N) is 1. The number of benzene rings is 1. The van der Waals surface area contributed by atoms with Crippen LogP contribution in [0.2, 0.25) is 0 Å². The third-order valence-electron chi connectivity index (χ3n) is 4.32. The van der Waals surface area contributed by atoms with Gasteiger partial charge in [-0.3, -0.25) is 4.99 Å². The highest BCUT2D eigenvalue weighted by molar-refractivity contribution is 6.08. The molecule has 1 unspecified atom stereocenters. The molecular weight excluding hydrogens is 282 g/mol. The predicted molar refractivity (Wildman–Crippen MR) is 99.2 cm³/mol. The molecule has 0 saturated heterocycles. The number of rotatable bonds is 1. The number of aliphatic imine (C=N–C) groups is 1. The van der Waals surface area contributed by atoms with E-state index in [0.717, 1.165) is 22.5 Å². The summed E-state index contributed by atoms with van der Waals surface area (Å²) >= 11 is 0. The largest absolute Gasteiger partial charge is 0.382 e. The average molecular weight is 311 g/mol. The molecular formula is C21H29NO. The first kappa shape index (κ1) is 17.7. The van der Waals surface area contributed by atoms with Crippen LogP contribution in [0.1, 0.15) is 48.5 Å². The van der Waals surface area contributed by atoms with Gasteiger partial charge in [0, 0.05) is 0 Å². The molecule has 124 valence electrons. The van der Waals surface area contributed by atoms with Crippen molar-refractivity contribution in [1.29, 1.82) is 0 Å². The fourth-order valence-electron chi connectivity index (χ4n) is 3.03. The van der Waals surface area contributed by atoms with E-state index in [4.69, 9.17) is 4.99 Å². The molecule has 0 aliphatic heterocycles. The molecule has 1 aromatic rings. The summed E-state index contributed by atoms with van der Waals surface area (Å²) in [4.78, 5) is 4.78. The van der Waals surface area contributed by atoms with Crippen molar-refractivity contribution < 1.29 is 5.11 Å². The number of para-hydroxylation sites is 1. The second-order valence-corrected chi connectivity index (χ2v) is 8.37. The van der Waals surface area contributed by atoms with E-state index in [0.29, 0.717) is 0 Å². The van der Waals surface area contributed by atoms with Crippen LogP contribution in [0.15, 0.2) is 58.1 Å². The van der Waals surface area contributed by atoms with E-state index in [-0.39, 0.29) is 10.8 Å². The van der Waals surface area contributed by atoms with E-state index in [2.05, 4.69) is 54.5 Å². The summed E-state index contributed by atoms with van der Waals surface area (Å²) in [5.41, 5.74) is 4.93. The van der Waals surface area contributed by atoms with Crippen LogP contribution in [0.5, 0.6) is 0 Å². The van der Waals surface area contributed by atoms with Crippen molar-refractivity contribution in [3.05, 3.63) is 53.1 Å². The average Bonchev–Trinajstić information content (AvgIpc) is 2.41. The minimum absolute atomic E-state index is 0.0121. The molecule has 1 atom stereocenters. The van der Waals surface area contributed by atoms with Crippen LogP contribution in [0, 0.1) is 10.8 Å². The van der Waals surface area contributed by atoms with Crippen LogP contribution in [0.3, 0.4) is 0 Å². The lowest BCUT2D eigenvalue weighted by molar-refractivity contribution is 0.243. The molecule has 1 N–H and O–H groups in total. The molecule has 0 radical (unpaired) electrons. The number of aliphatic hydroxyl groups excluding tert-OH is 1. The Bertz CT molecular complexity index is 664. The van der Waals surface area contributed by atoms with Crippen LogP contribution in [-0.4, -0.2) is 16.9 Å². The van der Waals surface area contributed by atoms with Crippen LogP contribution in [0.25, 0.3) is 0 Å². The van der Waals surface area contributed by atoms with Gasteiger partial charge in [-0.05, 0) is 46.6 Å². The molecule has 0 aromatic heterocycles. The minimum atomic E-state index is -0.652. The molecule has 0 amide bonds. The highest BCUT2D eigenvalue weighted by Crippen LogP contribution is 2.40. The van der Waals surface area contributed by atoms with Crippen molar-refractivity contribution >= 4 is 11.4 Å². The van der Waals surface area contributed by atoms with Crippen molar-refractivity contribution in [3.8, 4) is 0 Å². The first-order valence-corrected chi connectivity index (χ1v) is 8.27. The predicted octanol–water partition coefficient (Wildman–Crippen LogP) is 5.47. The first-order valence-electron chi connectivity index (χ1n) is 8.27. The lowest BCUT2D eigenvalue weighted by atomic mass is 9.71. The summed E-state index contributed by atoms with van der Waals surface area (Å²) in [7, 11) is 0. The van der Waals surface area contributed by atoms with Gasteiger partial charge in [-0.25, -0.2) is 0 Å². The highest BCUT2D eigenvalue weighted by atomic mass is 16.3. The maximum atomic E-state index is 10.9. The van der Waals surface area contributed by atoms with Crippen LogP contribution >= 0.6 is 0 Å². The molecule has 0 bridgehead atoms. The zero-order valence-corrected chi connectivity index (χ0v) is 15.4.